The van der Waals surface area contributed by atoms with Gasteiger partial charge in [-0.3, -0.25) is 4.79 Å². The summed E-state index contributed by atoms with van der Waals surface area (Å²) in [6.07, 6.45) is 2.87. The molecule has 3 aromatic carbocycles. The number of anilines is 1. The van der Waals surface area contributed by atoms with E-state index in [4.69, 9.17) is 4.74 Å². The maximum atomic E-state index is 12.9. The van der Waals surface area contributed by atoms with Crippen LogP contribution in [0.25, 0.3) is 22.5 Å². The molecule has 0 aliphatic heterocycles. The molecule has 1 amide bonds. The van der Waals surface area contributed by atoms with Crippen molar-refractivity contribution in [1.29, 1.82) is 0 Å². The van der Waals surface area contributed by atoms with Crippen LogP contribution in [0.1, 0.15) is 10.4 Å². The summed E-state index contributed by atoms with van der Waals surface area (Å²) in [5.41, 5.74) is 2.51. The number of rotatable bonds is 7. The Morgan fingerprint density at radius 2 is 1.61 bits per heavy atom. The largest absolute Gasteiger partial charge is 0.497 e. The molecular weight excluding hydrogens is 428 g/mol. The molecule has 0 aliphatic carbocycles. The van der Waals surface area contributed by atoms with Gasteiger partial charge in [-0.1, -0.05) is 42.5 Å². The van der Waals surface area contributed by atoms with Gasteiger partial charge in [-0.15, -0.1) is 0 Å². The number of amides is 1. The lowest BCUT2D eigenvalue weighted by Gasteiger charge is -2.14. The Morgan fingerprint density at radius 1 is 0.909 bits per heavy atom. The summed E-state index contributed by atoms with van der Waals surface area (Å²) < 4.78 is 35.6. The highest BCUT2D eigenvalue weighted by Crippen LogP contribution is 2.34. The van der Waals surface area contributed by atoms with Gasteiger partial charge in [0.25, 0.3) is 5.91 Å². The van der Waals surface area contributed by atoms with E-state index < -0.39 is 12.5 Å². The van der Waals surface area contributed by atoms with Crippen LogP contribution in [0, 0.1) is 0 Å². The standard InChI is InChI=1S/C25H19F2N3O3/c1-32-20-10-7-16(8-11-20)21-13-19(9-12-22(21)33-25(26)27)30-24(31)18-14-28-23(29-15-18)17-5-3-2-4-6-17/h2-15,25H,1H3,(H,30,31). The number of hydrogen-bond acceptors (Lipinski definition) is 5. The molecule has 0 atom stereocenters. The van der Waals surface area contributed by atoms with Crippen molar-refractivity contribution in [2.75, 3.05) is 12.4 Å². The predicted octanol–water partition coefficient (Wildman–Crippen LogP) is 5.67. The summed E-state index contributed by atoms with van der Waals surface area (Å²) in [7, 11) is 1.53. The van der Waals surface area contributed by atoms with E-state index >= 15 is 0 Å². The third-order valence-corrected chi connectivity index (χ3v) is 4.80. The first-order valence-corrected chi connectivity index (χ1v) is 9.95. The van der Waals surface area contributed by atoms with Gasteiger partial charge in [0, 0.05) is 29.2 Å². The van der Waals surface area contributed by atoms with Gasteiger partial charge in [-0.2, -0.15) is 8.78 Å². The average molecular weight is 447 g/mol. The van der Waals surface area contributed by atoms with Crippen LogP contribution in [-0.2, 0) is 0 Å². The van der Waals surface area contributed by atoms with Crippen LogP contribution in [0.15, 0.2) is 85.2 Å². The molecule has 4 aromatic rings. The number of nitrogens with one attached hydrogen (secondary N) is 1. The van der Waals surface area contributed by atoms with Crippen molar-refractivity contribution in [2.45, 2.75) is 6.61 Å². The van der Waals surface area contributed by atoms with E-state index in [-0.39, 0.29) is 11.3 Å². The van der Waals surface area contributed by atoms with E-state index in [0.717, 1.165) is 5.56 Å². The Bertz CT molecular complexity index is 1230. The Labute approximate surface area is 188 Å². The maximum Gasteiger partial charge on any atom is 0.387 e. The van der Waals surface area contributed by atoms with Crippen LogP contribution in [0.2, 0.25) is 0 Å². The fraction of sp³-hybridized carbons (Fsp3) is 0.0800. The maximum absolute atomic E-state index is 12.9. The molecule has 4 rings (SSSR count). The molecule has 0 unspecified atom stereocenters. The van der Waals surface area contributed by atoms with Gasteiger partial charge in [0.05, 0.1) is 12.7 Å². The Balaban J connectivity index is 1.57. The zero-order chi connectivity index (χ0) is 23.2. The van der Waals surface area contributed by atoms with Crippen LogP contribution >= 0.6 is 0 Å². The summed E-state index contributed by atoms with van der Waals surface area (Å²) in [4.78, 5) is 21.2. The van der Waals surface area contributed by atoms with E-state index in [1.54, 1.807) is 30.3 Å². The van der Waals surface area contributed by atoms with E-state index in [0.29, 0.717) is 28.4 Å². The number of hydrogen-bond donors (Lipinski definition) is 1. The normalized spacial score (nSPS) is 10.7. The quantitative estimate of drug-likeness (QED) is 0.395. The Hall–Kier alpha value is -4.33. The molecule has 0 fully saturated rings. The summed E-state index contributed by atoms with van der Waals surface area (Å²) in [6, 6.07) is 20.7. The molecule has 0 spiro atoms. The van der Waals surface area contributed by atoms with Gasteiger partial charge in [0.1, 0.15) is 11.5 Å². The monoisotopic (exact) mass is 447 g/mol. The number of methoxy groups -OCH3 is 1. The number of carbonyl (C=O) groups excluding carboxylic acids is 1. The van der Waals surface area contributed by atoms with Gasteiger partial charge in [0.2, 0.25) is 0 Å². The van der Waals surface area contributed by atoms with Gasteiger partial charge in [-0.05, 0) is 35.9 Å². The zero-order valence-corrected chi connectivity index (χ0v) is 17.5. The lowest BCUT2D eigenvalue weighted by molar-refractivity contribution is -0.0494. The fourth-order valence-electron chi connectivity index (χ4n) is 3.19. The van der Waals surface area contributed by atoms with Crippen molar-refractivity contribution >= 4 is 11.6 Å². The topological polar surface area (TPSA) is 73.3 Å². The SMILES string of the molecule is COc1ccc(-c2cc(NC(=O)c3cnc(-c4ccccc4)nc3)ccc2OC(F)F)cc1. The highest BCUT2D eigenvalue weighted by molar-refractivity contribution is 6.04. The Kier molecular flexibility index (Phi) is 6.54. The summed E-state index contributed by atoms with van der Waals surface area (Å²) >= 11 is 0. The first kappa shape index (κ1) is 21.9. The summed E-state index contributed by atoms with van der Waals surface area (Å²) in [5.74, 6) is 0.683. The van der Waals surface area contributed by atoms with Gasteiger partial charge in [-0.25, -0.2) is 9.97 Å². The third-order valence-electron chi connectivity index (χ3n) is 4.80. The van der Waals surface area contributed by atoms with Crippen molar-refractivity contribution in [3.63, 3.8) is 0 Å². The molecule has 166 valence electrons. The molecule has 0 radical (unpaired) electrons. The predicted molar refractivity (Wildman–Crippen MR) is 120 cm³/mol. The first-order valence-electron chi connectivity index (χ1n) is 9.95. The zero-order valence-electron chi connectivity index (χ0n) is 17.5. The molecule has 0 aliphatic rings. The van der Waals surface area contributed by atoms with Crippen LogP contribution in [0.4, 0.5) is 14.5 Å². The van der Waals surface area contributed by atoms with Gasteiger partial charge in [0.15, 0.2) is 5.82 Å². The van der Waals surface area contributed by atoms with E-state index in [2.05, 4.69) is 20.0 Å². The molecule has 0 saturated carbocycles. The number of benzene rings is 3. The second-order valence-electron chi connectivity index (χ2n) is 6.93. The number of nitrogens with zero attached hydrogens (tertiary/aromatic N) is 2. The summed E-state index contributed by atoms with van der Waals surface area (Å²) in [5, 5.41) is 2.74. The second kappa shape index (κ2) is 9.86. The van der Waals surface area contributed by atoms with E-state index in [1.807, 2.05) is 30.3 Å². The molecule has 0 bridgehead atoms. The molecule has 1 aromatic heterocycles. The van der Waals surface area contributed by atoms with Crippen LogP contribution in [0.3, 0.4) is 0 Å². The fourth-order valence-corrected chi connectivity index (χ4v) is 3.19. The number of carbonyl (C=O) groups is 1. The molecule has 8 heteroatoms. The molecule has 6 nitrogen and oxygen atoms in total. The number of aromatic nitrogens is 2. The molecule has 0 saturated heterocycles. The highest BCUT2D eigenvalue weighted by atomic mass is 19.3. The van der Waals surface area contributed by atoms with Crippen LogP contribution in [0.5, 0.6) is 11.5 Å². The van der Waals surface area contributed by atoms with Crippen LogP contribution < -0.4 is 14.8 Å². The second-order valence-corrected chi connectivity index (χ2v) is 6.93. The van der Waals surface area contributed by atoms with Crippen molar-refractivity contribution in [2.24, 2.45) is 0 Å². The van der Waals surface area contributed by atoms with Crippen molar-refractivity contribution in [3.8, 4) is 34.0 Å². The Morgan fingerprint density at radius 3 is 2.24 bits per heavy atom. The number of ether oxygens (including phenoxy) is 2. The highest BCUT2D eigenvalue weighted by Gasteiger charge is 2.15. The molecule has 33 heavy (non-hydrogen) atoms. The molecule has 1 heterocycles. The van der Waals surface area contributed by atoms with Gasteiger partial charge < -0.3 is 14.8 Å². The number of alkyl halides is 2. The van der Waals surface area contributed by atoms with Crippen LogP contribution in [-0.4, -0.2) is 29.6 Å². The minimum atomic E-state index is -2.98. The van der Waals surface area contributed by atoms with Crippen molar-refractivity contribution < 1.29 is 23.0 Å². The lowest BCUT2D eigenvalue weighted by atomic mass is 10.0. The minimum Gasteiger partial charge on any atom is -0.497 e. The van der Waals surface area contributed by atoms with Gasteiger partial charge >= 0.3 is 6.61 Å². The van der Waals surface area contributed by atoms with Crippen molar-refractivity contribution in [3.05, 3.63) is 90.8 Å². The lowest BCUT2D eigenvalue weighted by Crippen LogP contribution is -2.13. The summed E-state index contributed by atoms with van der Waals surface area (Å²) in [6.45, 7) is -2.98. The molecular formula is C25H19F2N3O3. The van der Waals surface area contributed by atoms with E-state index in [9.17, 15) is 13.6 Å². The number of halogens is 2. The van der Waals surface area contributed by atoms with Crippen molar-refractivity contribution in [1.82, 2.24) is 9.97 Å². The third kappa shape index (κ3) is 5.30. The minimum absolute atomic E-state index is 0.0105. The van der Waals surface area contributed by atoms with E-state index in [1.165, 1.54) is 31.6 Å². The average Bonchev–Trinajstić information content (AvgIpc) is 2.85. The smallest absolute Gasteiger partial charge is 0.387 e. The molecule has 1 N–H and O–H groups in total. The first-order chi connectivity index (χ1) is 16.0.